The third-order valence-electron chi connectivity index (χ3n) is 6.52. The molecule has 0 N–H and O–H groups in total. The van der Waals surface area contributed by atoms with Gasteiger partial charge in [-0.05, 0) is 49.9 Å². The predicted molar refractivity (Wildman–Crippen MR) is 120 cm³/mol. The number of nitro groups is 1. The summed E-state index contributed by atoms with van der Waals surface area (Å²) in [7, 11) is 0. The number of hydrogen-bond donors (Lipinski definition) is 0. The Morgan fingerprint density at radius 2 is 1.81 bits per heavy atom. The molecule has 2 aliphatic rings. The van der Waals surface area contributed by atoms with Gasteiger partial charge in [0.25, 0.3) is 11.6 Å². The molecule has 1 amide bonds. The first-order valence-electron chi connectivity index (χ1n) is 11.3. The van der Waals surface area contributed by atoms with Crippen molar-refractivity contribution in [3.8, 4) is 0 Å². The molecule has 0 spiro atoms. The zero-order chi connectivity index (χ0) is 22.1. The smallest absolute Gasteiger partial charge is 0.293 e. The number of aromatic nitrogens is 3. The Bertz CT molecular complexity index is 1150. The monoisotopic (exact) mass is 434 g/mol. The molecule has 2 aromatic heterocycles. The summed E-state index contributed by atoms with van der Waals surface area (Å²) < 4.78 is 1.90. The van der Waals surface area contributed by atoms with Gasteiger partial charge >= 0.3 is 0 Å². The average molecular weight is 435 g/mol. The number of carbonyl (C=O) groups is 1. The van der Waals surface area contributed by atoms with Gasteiger partial charge in [0.15, 0.2) is 11.5 Å². The minimum atomic E-state index is -0.371. The van der Waals surface area contributed by atoms with Gasteiger partial charge in [-0.25, -0.2) is 0 Å². The predicted octanol–water partition coefficient (Wildman–Crippen LogP) is 4.00. The zero-order valence-electron chi connectivity index (χ0n) is 17.9. The molecule has 166 valence electrons. The molecule has 0 saturated carbocycles. The van der Waals surface area contributed by atoms with Crippen LogP contribution in [0.5, 0.6) is 0 Å². The van der Waals surface area contributed by atoms with Crippen molar-refractivity contribution < 1.29 is 9.72 Å². The van der Waals surface area contributed by atoms with E-state index in [0.717, 1.165) is 63.1 Å². The molecule has 2 fully saturated rings. The molecule has 0 aliphatic carbocycles. The van der Waals surface area contributed by atoms with E-state index in [1.165, 1.54) is 6.07 Å². The van der Waals surface area contributed by atoms with E-state index in [4.69, 9.17) is 0 Å². The molecule has 2 aliphatic heterocycles. The number of carbonyl (C=O) groups excluding carboxylic acids is 1. The Morgan fingerprint density at radius 1 is 1.00 bits per heavy atom. The second-order valence-corrected chi connectivity index (χ2v) is 8.51. The Kier molecular flexibility index (Phi) is 5.46. The average Bonchev–Trinajstić information content (AvgIpc) is 3.37. The van der Waals surface area contributed by atoms with Crippen LogP contribution in [-0.4, -0.2) is 50.0 Å². The van der Waals surface area contributed by atoms with Crippen LogP contribution < -0.4 is 4.90 Å². The van der Waals surface area contributed by atoms with Crippen molar-refractivity contribution >= 4 is 22.9 Å². The Hall–Kier alpha value is -3.49. The van der Waals surface area contributed by atoms with E-state index in [9.17, 15) is 14.9 Å². The van der Waals surface area contributed by atoms with Crippen LogP contribution in [0.25, 0.3) is 5.65 Å². The van der Waals surface area contributed by atoms with Gasteiger partial charge in [-0.2, -0.15) is 0 Å². The van der Waals surface area contributed by atoms with Crippen LogP contribution in [0.15, 0.2) is 42.6 Å². The highest BCUT2D eigenvalue weighted by Crippen LogP contribution is 2.35. The molecule has 3 aromatic rings. The number of likely N-dealkylation sites (tertiary alicyclic amines) is 1. The number of fused-ring (bicyclic) bond motifs is 1. The molecule has 0 bridgehead atoms. The first-order chi connectivity index (χ1) is 15.6. The summed E-state index contributed by atoms with van der Waals surface area (Å²) in [6.45, 7) is 2.21. The molecular weight excluding hydrogens is 408 g/mol. The van der Waals surface area contributed by atoms with E-state index >= 15 is 0 Å². The number of amides is 1. The number of rotatable bonds is 4. The summed E-state index contributed by atoms with van der Waals surface area (Å²) in [4.78, 5) is 28.8. The minimum absolute atomic E-state index is 0.00132. The van der Waals surface area contributed by atoms with Gasteiger partial charge in [-0.1, -0.05) is 18.9 Å². The molecule has 5 rings (SSSR count). The van der Waals surface area contributed by atoms with Crippen LogP contribution in [-0.2, 0) is 0 Å². The first-order valence-corrected chi connectivity index (χ1v) is 11.3. The number of nitrogens with zero attached hydrogens (tertiary/aromatic N) is 6. The molecule has 1 aromatic carbocycles. The fourth-order valence-electron chi connectivity index (χ4n) is 4.91. The molecule has 32 heavy (non-hydrogen) atoms. The maximum Gasteiger partial charge on any atom is 0.293 e. The SMILES string of the molecule is O=C(c1ccc(N2CCCCCC2)c([N+](=O)[O-])c1)N1CCCC1c1nnc2ccccn12. The van der Waals surface area contributed by atoms with E-state index < -0.39 is 0 Å². The number of hydrogen-bond acceptors (Lipinski definition) is 6. The second kappa shape index (κ2) is 8.57. The van der Waals surface area contributed by atoms with Crippen LogP contribution >= 0.6 is 0 Å². The van der Waals surface area contributed by atoms with E-state index in [1.54, 1.807) is 17.0 Å². The van der Waals surface area contributed by atoms with Crippen molar-refractivity contribution in [1.82, 2.24) is 19.5 Å². The van der Waals surface area contributed by atoms with Crippen molar-refractivity contribution in [2.75, 3.05) is 24.5 Å². The quantitative estimate of drug-likeness (QED) is 0.455. The third-order valence-corrected chi connectivity index (χ3v) is 6.52. The number of pyridine rings is 1. The summed E-state index contributed by atoms with van der Waals surface area (Å²) in [5.41, 5.74) is 1.69. The first kappa shape index (κ1) is 20.4. The van der Waals surface area contributed by atoms with E-state index in [0.29, 0.717) is 17.8 Å². The maximum atomic E-state index is 13.4. The minimum Gasteiger partial charge on any atom is -0.366 e. The topological polar surface area (TPSA) is 96.9 Å². The summed E-state index contributed by atoms with van der Waals surface area (Å²) in [6, 6.07) is 10.4. The molecule has 0 radical (unpaired) electrons. The zero-order valence-corrected chi connectivity index (χ0v) is 17.9. The fourth-order valence-corrected chi connectivity index (χ4v) is 4.91. The summed E-state index contributed by atoms with van der Waals surface area (Å²) in [5, 5.41) is 20.4. The van der Waals surface area contributed by atoms with Gasteiger partial charge in [0.1, 0.15) is 5.69 Å². The maximum absolute atomic E-state index is 13.4. The van der Waals surface area contributed by atoms with Gasteiger partial charge in [0.2, 0.25) is 0 Å². The summed E-state index contributed by atoms with van der Waals surface area (Å²) in [5.74, 6) is 0.521. The van der Waals surface area contributed by atoms with Gasteiger partial charge in [-0.15, -0.1) is 10.2 Å². The van der Waals surface area contributed by atoms with Crippen molar-refractivity contribution in [1.29, 1.82) is 0 Å². The lowest BCUT2D eigenvalue weighted by Gasteiger charge is -2.25. The van der Waals surface area contributed by atoms with Crippen molar-refractivity contribution in [3.63, 3.8) is 0 Å². The van der Waals surface area contributed by atoms with Crippen molar-refractivity contribution in [3.05, 3.63) is 64.1 Å². The standard InChI is InChI=1S/C23H26N6O3/c30-23(27-15-7-8-19(27)22-25-24-21-9-3-6-14-28(21)22)17-10-11-18(20(16-17)29(31)32)26-12-4-1-2-5-13-26/h3,6,9-11,14,16,19H,1-2,4-5,7-8,12-13,15H2. The number of anilines is 1. The van der Waals surface area contributed by atoms with Crippen LogP contribution in [0, 0.1) is 10.1 Å². The van der Waals surface area contributed by atoms with Gasteiger partial charge in [-0.3, -0.25) is 19.3 Å². The van der Waals surface area contributed by atoms with E-state index in [2.05, 4.69) is 15.1 Å². The van der Waals surface area contributed by atoms with E-state index in [1.807, 2.05) is 28.8 Å². The largest absolute Gasteiger partial charge is 0.366 e. The second-order valence-electron chi connectivity index (χ2n) is 8.51. The fraction of sp³-hybridized carbons (Fsp3) is 0.435. The van der Waals surface area contributed by atoms with Crippen molar-refractivity contribution in [2.45, 2.75) is 44.6 Å². The highest BCUT2D eigenvalue weighted by Gasteiger charge is 2.34. The molecular formula is C23H26N6O3. The van der Waals surface area contributed by atoms with Crippen LogP contribution in [0.1, 0.15) is 60.7 Å². The van der Waals surface area contributed by atoms with Crippen LogP contribution in [0.2, 0.25) is 0 Å². The highest BCUT2D eigenvalue weighted by molar-refractivity contribution is 5.96. The van der Waals surface area contributed by atoms with Crippen LogP contribution in [0.4, 0.5) is 11.4 Å². The number of benzene rings is 1. The molecule has 9 nitrogen and oxygen atoms in total. The number of nitro benzene ring substituents is 1. The van der Waals surface area contributed by atoms with Gasteiger partial charge in [0.05, 0.1) is 11.0 Å². The molecule has 2 saturated heterocycles. The van der Waals surface area contributed by atoms with Crippen molar-refractivity contribution in [2.24, 2.45) is 0 Å². The highest BCUT2D eigenvalue weighted by atomic mass is 16.6. The van der Waals surface area contributed by atoms with Gasteiger partial charge in [0, 0.05) is 37.5 Å². The summed E-state index contributed by atoms with van der Waals surface area (Å²) in [6.07, 6.45) is 7.89. The molecule has 1 atom stereocenters. The molecule has 9 heteroatoms. The summed E-state index contributed by atoms with van der Waals surface area (Å²) >= 11 is 0. The molecule has 1 unspecified atom stereocenters. The Balaban J connectivity index is 1.45. The molecule has 4 heterocycles. The Labute approximate surface area is 185 Å². The normalized spacial score (nSPS) is 19.3. The lowest BCUT2D eigenvalue weighted by atomic mass is 10.1. The van der Waals surface area contributed by atoms with Gasteiger partial charge < -0.3 is 9.80 Å². The third kappa shape index (κ3) is 3.68. The van der Waals surface area contributed by atoms with Crippen LogP contribution in [0.3, 0.4) is 0 Å². The van der Waals surface area contributed by atoms with E-state index in [-0.39, 0.29) is 22.6 Å². The lowest BCUT2D eigenvalue weighted by molar-refractivity contribution is -0.384. The lowest BCUT2D eigenvalue weighted by Crippen LogP contribution is -2.32. The Morgan fingerprint density at radius 3 is 2.59 bits per heavy atom.